The first-order valence-corrected chi connectivity index (χ1v) is 12.7. The van der Waals surface area contributed by atoms with Crippen molar-refractivity contribution in [3.8, 4) is 11.1 Å². The summed E-state index contributed by atoms with van der Waals surface area (Å²) in [6.45, 7) is 3.44. The van der Waals surface area contributed by atoms with Gasteiger partial charge in [0.2, 0.25) is 5.91 Å². The number of pyridine rings is 1. The molecule has 0 radical (unpaired) electrons. The lowest BCUT2D eigenvalue weighted by molar-refractivity contribution is -0.126. The van der Waals surface area contributed by atoms with Crippen LogP contribution in [0, 0.1) is 0 Å². The second kappa shape index (κ2) is 12.0. The number of amides is 2. The van der Waals surface area contributed by atoms with E-state index in [1.165, 1.54) is 6.92 Å². The van der Waals surface area contributed by atoms with Crippen molar-refractivity contribution >= 4 is 23.4 Å². The summed E-state index contributed by atoms with van der Waals surface area (Å²) in [5, 5.41) is 9.89. The van der Waals surface area contributed by atoms with Crippen molar-refractivity contribution in [2.75, 3.05) is 5.73 Å². The van der Waals surface area contributed by atoms with Crippen LogP contribution in [0.3, 0.4) is 0 Å². The van der Waals surface area contributed by atoms with Crippen molar-refractivity contribution < 1.29 is 19.1 Å². The minimum atomic E-state index is -0.537. The highest BCUT2D eigenvalue weighted by molar-refractivity contribution is 5.99. The van der Waals surface area contributed by atoms with E-state index in [-0.39, 0.29) is 42.0 Å². The summed E-state index contributed by atoms with van der Waals surface area (Å²) in [4.78, 5) is 41.0. The molecule has 200 valence electrons. The SMILES string of the molecule is CC(=O)N[C@@H](C)C(=O)Cc1cccc(CO[C@H]2CCC[C@@H]2NC(=O)c2cc(-c3cnn(C)c3)cnc2N)c1. The van der Waals surface area contributed by atoms with Gasteiger partial charge in [-0.1, -0.05) is 24.3 Å². The van der Waals surface area contributed by atoms with E-state index in [9.17, 15) is 14.4 Å². The number of carbonyl (C=O) groups excluding carboxylic acids is 3. The maximum absolute atomic E-state index is 13.1. The zero-order valence-electron chi connectivity index (χ0n) is 21.9. The molecule has 1 aliphatic carbocycles. The van der Waals surface area contributed by atoms with Gasteiger partial charge in [-0.05, 0) is 43.4 Å². The molecule has 4 N–H and O–H groups in total. The summed E-state index contributed by atoms with van der Waals surface area (Å²) in [6, 6.07) is 8.72. The van der Waals surface area contributed by atoms with Gasteiger partial charge in [0.25, 0.3) is 5.91 Å². The molecule has 2 aromatic heterocycles. The molecule has 3 atom stereocenters. The maximum atomic E-state index is 13.1. The number of nitrogens with two attached hydrogens (primary N) is 1. The van der Waals surface area contributed by atoms with Crippen LogP contribution < -0.4 is 16.4 Å². The Morgan fingerprint density at radius 3 is 2.68 bits per heavy atom. The molecule has 0 saturated heterocycles. The number of nitrogen functional groups attached to an aromatic ring is 1. The standard InChI is InChI=1S/C28H34N6O4/c1-17(32-18(2)35)25(36)11-19-6-4-7-20(10-19)16-38-26-9-5-8-24(26)33-28(37)23-12-21(13-30-27(23)29)22-14-31-34(3)15-22/h4,6-7,10,12-15,17,24,26H,5,8-9,11,16H2,1-3H3,(H2,29,30)(H,32,35)(H,33,37)/t17-,24-,26-/m0/s1. The summed E-state index contributed by atoms with van der Waals surface area (Å²) >= 11 is 0. The van der Waals surface area contributed by atoms with Crippen LogP contribution in [0.4, 0.5) is 5.82 Å². The van der Waals surface area contributed by atoms with Gasteiger partial charge < -0.3 is 21.1 Å². The third-order valence-electron chi connectivity index (χ3n) is 6.71. The Balaban J connectivity index is 1.36. The summed E-state index contributed by atoms with van der Waals surface area (Å²) in [5.74, 6) is -0.399. The first-order chi connectivity index (χ1) is 18.2. The quantitative estimate of drug-likeness (QED) is 0.375. The molecule has 0 aliphatic heterocycles. The monoisotopic (exact) mass is 518 g/mol. The highest BCUT2D eigenvalue weighted by Gasteiger charge is 2.30. The lowest BCUT2D eigenvalue weighted by atomic mass is 10.0. The van der Waals surface area contributed by atoms with Crippen molar-refractivity contribution in [1.82, 2.24) is 25.4 Å². The predicted molar refractivity (Wildman–Crippen MR) is 143 cm³/mol. The number of carbonyl (C=O) groups is 3. The molecule has 2 heterocycles. The zero-order valence-corrected chi connectivity index (χ0v) is 21.9. The summed E-state index contributed by atoms with van der Waals surface area (Å²) < 4.78 is 7.90. The molecule has 1 aromatic carbocycles. The normalized spacial score (nSPS) is 17.7. The van der Waals surface area contributed by atoms with Crippen LogP contribution in [-0.4, -0.2) is 50.5 Å². The van der Waals surface area contributed by atoms with Crippen LogP contribution in [0.1, 0.15) is 54.6 Å². The largest absolute Gasteiger partial charge is 0.383 e. The van der Waals surface area contributed by atoms with Crippen molar-refractivity contribution in [2.24, 2.45) is 7.05 Å². The number of anilines is 1. The highest BCUT2D eigenvalue weighted by Crippen LogP contribution is 2.26. The third kappa shape index (κ3) is 6.83. The van der Waals surface area contributed by atoms with E-state index in [0.29, 0.717) is 12.2 Å². The van der Waals surface area contributed by atoms with Gasteiger partial charge in [0.15, 0.2) is 5.78 Å². The van der Waals surface area contributed by atoms with Crippen LogP contribution in [0.25, 0.3) is 11.1 Å². The fourth-order valence-electron chi connectivity index (χ4n) is 4.69. The summed E-state index contributed by atoms with van der Waals surface area (Å²) in [5.41, 5.74) is 9.78. The van der Waals surface area contributed by atoms with Crippen LogP contribution in [-0.2, 0) is 34.4 Å². The lowest BCUT2D eigenvalue weighted by Gasteiger charge is -2.22. The number of nitrogens with zero attached hydrogens (tertiary/aromatic N) is 3. The smallest absolute Gasteiger partial charge is 0.255 e. The highest BCUT2D eigenvalue weighted by atomic mass is 16.5. The van der Waals surface area contributed by atoms with E-state index in [0.717, 1.165) is 41.5 Å². The van der Waals surface area contributed by atoms with Crippen LogP contribution in [0.5, 0.6) is 0 Å². The van der Waals surface area contributed by atoms with Gasteiger partial charge in [-0.2, -0.15) is 5.10 Å². The number of aromatic nitrogens is 3. The number of ketones is 1. The summed E-state index contributed by atoms with van der Waals surface area (Å²) in [7, 11) is 1.83. The van der Waals surface area contributed by atoms with E-state index >= 15 is 0 Å². The van der Waals surface area contributed by atoms with E-state index in [1.54, 1.807) is 30.1 Å². The lowest BCUT2D eigenvalue weighted by Crippen LogP contribution is -2.41. The number of Topliss-reactive ketones (excluding diaryl/α,β-unsaturated/α-hetero) is 1. The fourth-order valence-corrected chi connectivity index (χ4v) is 4.69. The van der Waals surface area contributed by atoms with Crippen molar-refractivity contribution in [3.63, 3.8) is 0 Å². The molecule has 0 bridgehead atoms. The third-order valence-corrected chi connectivity index (χ3v) is 6.71. The first kappa shape index (κ1) is 27.0. The molecule has 2 amide bonds. The van der Waals surface area contributed by atoms with Crippen LogP contribution >= 0.6 is 0 Å². The van der Waals surface area contributed by atoms with E-state index in [2.05, 4.69) is 20.7 Å². The topological polar surface area (TPSA) is 141 Å². The Bertz CT molecular complexity index is 1320. The number of hydrogen-bond acceptors (Lipinski definition) is 7. The Hall–Kier alpha value is -4.05. The van der Waals surface area contributed by atoms with Crippen LogP contribution in [0.15, 0.2) is 48.9 Å². The minimum Gasteiger partial charge on any atom is -0.383 e. The average molecular weight is 519 g/mol. The van der Waals surface area contributed by atoms with E-state index < -0.39 is 6.04 Å². The van der Waals surface area contributed by atoms with Crippen LogP contribution in [0.2, 0.25) is 0 Å². The van der Waals surface area contributed by atoms with Gasteiger partial charge in [-0.3, -0.25) is 19.1 Å². The second-order valence-electron chi connectivity index (χ2n) is 9.81. The van der Waals surface area contributed by atoms with Gasteiger partial charge in [0.05, 0.1) is 36.6 Å². The number of nitrogens with one attached hydrogen (secondary N) is 2. The zero-order chi connectivity index (χ0) is 27.2. The molecule has 0 unspecified atom stereocenters. The van der Waals surface area contributed by atoms with Gasteiger partial charge in [0.1, 0.15) is 5.82 Å². The number of hydrogen-bond donors (Lipinski definition) is 3. The first-order valence-electron chi connectivity index (χ1n) is 12.7. The fraction of sp³-hybridized carbons (Fsp3) is 0.393. The molecule has 10 nitrogen and oxygen atoms in total. The molecule has 10 heteroatoms. The van der Waals surface area contributed by atoms with Gasteiger partial charge >= 0.3 is 0 Å². The average Bonchev–Trinajstić information content (AvgIpc) is 3.51. The Morgan fingerprint density at radius 1 is 1.16 bits per heavy atom. The molecule has 0 spiro atoms. The van der Waals surface area contributed by atoms with Gasteiger partial charge in [0, 0.05) is 43.9 Å². The van der Waals surface area contributed by atoms with Crippen molar-refractivity contribution in [3.05, 3.63) is 65.6 Å². The Labute approximate surface area is 222 Å². The number of aryl methyl sites for hydroxylation is 1. The molecule has 3 aromatic rings. The van der Waals surface area contributed by atoms with Gasteiger partial charge in [-0.25, -0.2) is 4.98 Å². The molecular weight excluding hydrogens is 484 g/mol. The minimum absolute atomic E-state index is 0.0572. The summed E-state index contributed by atoms with van der Waals surface area (Å²) in [6.07, 6.45) is 7.86. The molecule has 38 heavy (non-hydrogen) atoms. The predicted octanol–water partition coefficient (Wildman–Crippen LogP) is 2.57. The van der Waals surface area contributed by atoms with E-state index in [4.69, 9.17) is 10.5 Å². The number of rotatable bonds is 10. The van der Waals surface area contributed by atoms with Crippen molar-refractivity contribution in [1.29, 1.82) is 0 Å². The van der Waals surface area contributed by atoms with E-state index in [1.807, 2.05) is 37.5 Å². The Kier molecular flexibility index (Phi) is 8.52. The molecule has 1 fully saturated rings. The second-order valence-corrected chi connectivity index (χ2v) is 9.81. The Morgan fingerprint density at radius 2 is 1.95 bits per heavy atom. The maximum Gasteiger partial charge on any atom is 0.255 e. The number of ether oxygens (including phenoxy) is 1. The van der Waals surface area contributed by atoms with Crippen molar-refractivity contribution in [2.45, 2.75) is 64.3 Å². The molecule has 1 saturated carbocycles. The van der Waals surface area contributed by atoms with Gasteiger partial charge in [-0.15, -0.1) is 0 Å². The molecule has 1 aliphatic rings. The number of benzene rings is 1. The molecule has 4 rings (SSSR count). The molecular formula is C28H34N6O4.